The number of aryl methyl sites for hydroxylation is 2. The molecule has 0 saturated carbocycles. The summed E-state index contributed by atoms with van der Waals surface area (Å²) in [6, 6.07) is 1.53. The number of halogens is 2. The van der Waals surface area contributed by atoms with Crippen molar-refractivity contribution < 1.29 is 18.7 Å². The van der Waals surface area contributed by atoms with Crippen molar-refractivity contribution in [1.82, 2.24) is 15.1 Å². The zero-order valence-electron chi connectivity index (χ0n) is 10.9. The summed E-state index contributed by atoms with van der Waals surface area (Å²) in [6.45, 7) is 2.28. The van der Waals surface area contributed by atoms with Crippen molar-refractivity contribution in [1.29, 1.82) is 0 Å². The van der Waals surface area contributed by atoms with E-state index in [4.69, 9.17) is 5.11 Å². The monoisotopic (exact) mass is 273 g/mol. The van der Waals surface area contributed by atoms with Gasteiger partial charge >= 0.3 is 0 Å². The second kappa shape index (κ2) is 7.08. The fourth-order valence-electron chi connectivity index (χ4n) is 1.69. The molecule has 106 valence electrons. The van der Waals surface area contributed by atoms with E-state index in [9.17, 15) is 13.6 Å². The zero-order chi connectivity index (χ0) is 14.4. The normalized spacial score (nSPS) is 10.8. The quantitative estimate of drug-likeness (QED) is 0.841. The molecule has 5 nitrogen and oxygen atoms in total. The Bertz CT molecular complexity index is 441. The third kappa shape index (κ3) is 4.20. The molecule has 0 aliphatic rings. The van der Waals surface area contributed by atoms with Gasteiger partial charge in [0.05, 0.1) is 30.1 Å². The molecule has 1 amide bonds. The Labute approximate surface area is 110 Å². The summed E-state index contributed by atoms with van der Waals surface area (Å²) in [5.41, 5.74) is 1.28. The van der Waals surface area contributed by atoms with Gasteiger partial charge in [-0.1, -0.05) is 6.92 Å². The van der Waals surface area contributed by atoms with Crippen LogP contribution in [-0.4, -0.2) is 52.2 Å². The number of aliphatic hydroxyl groups is 1. The van der Waals surface area contributed by atoms with Gasteiger partial charge in [-0.05, 0) is 19.4 Å². The number of alkyl halides is 2. The van der Waals surface area contributed by atoms with E-state index in [1.54, 1.807) is 13.8 Å². The van der Waals surface area contributed by atoms with E-state index in [-0.39, 0.29) is 18.7 Å². The van der Waals surface area contributed by atoms with Gasteiger partial charge in [0.25, 0.3) is 12.3 Å². The van der Waals surface area contributed by atoms with Crippen LogP contribution in [0.25, 0.3) is 0 Å². The van der Waals surface area contributed by atoms with E-state index in [0.29, 0.717) is 17.8 Å². The standard InChI is InChI=1S/C12H17F2N3O2/c1-3-10-9(6-8(2)15-16-10)12(19)17(4-5-18)7-11(13)14/h6,11,18H,3-5,7H2,1-2H3. The minimum Gasteiger partial charge on any atom is -0.395 e. The lowest BCUT2D eigenvalue weighted by molar-refractivity contribution is 0.0507. The Balaban J connectivity index is 3.04. The minimum atomic E-state index is -2.64. The third-order valence-electron chi connectivity index (χ3n) is 2.57. The van der Waals surface area contributed by atoms with Crippen molar-refractivity contribution >= 4 is 5.91 Å². The van der Waals surface area contributed by atoms with Crippen LogP contribution in [0.3, 0.4) is 0 Å². The summed E-state index contributed by atoms with van der Waals surface area (Å²) in [4.78, 5) is 13.1. The van der Waals surface area contributed by atoms with E-state index < -0.39 is 18.9 Å². The largest absolute Gasteiger partial charge is 0.395 e. The van der Waals surface area contributed by atoms with Crippen molar-refractivity contribution in [3.05, 3.63) is 23.0 Å². The Morgan fingerprint density at radius 1 is 1.47 bits per heavy atom. The van der Waals surface area contributed by atoms with Crippen LogP contribution >= 0.6 is 0 Å². The smallest absolute Gasteiger partial charge is 0.256 e. The molecule has 0 radical (unpaired) electrons. The van der Waals surface area contributed by atoms with Crippen LogP contribution in [0.1, 0.15) is 28.7 Å². The van der Waals surface area contributed by atoms with Gasteiger partial charge in [-0.2, -0.15) is 10.2 Å². The predicted molar refractivity (Wildman–Crippen MR) is 65.1 cm³/mol. The lowest BCUT2D eigenvalue weighted by Gasteiger charge is -2.22. The lowest BCUT2D eigenvalue weighted by atomic mass is 10.1. The van der Waals surface area contributed by atoms with Gasteiger partial charge in [0.2, 0.25) is 0 Å². The molecule has 1 heterocycles. The highest BCUT2D eigenvalue weighted by Gasteiger charge is 2.22. The summed E-state index contributed by atoms with van der Waals surface area (Å²) < 4.78 is 24.9. The number of aliphatic hydroxyl groups excluding tert-OH is 1. The maximum atomic E-state index is 12.4. The van der Waals surface area contributed by atoms with Gasteiger partial charge in [0.15, 0.2) is 0 Å². The summed E-state index contributed by atoms with van der Waals surface area (Å²) in [6.07, 6.45) is -2.16. The molecule has 0 aromatic carbocycles. The molecule has 0 unspecified atom stereocenters. The molecule has 0 aliphatic carbocycles. The number of nitrogens with zero attached hydrogens (tertiary/aromatic N) is 3. The maximum absolute atomic E-state index is 12.4. The summed E-state index contributed by atoms with van der Waals surface area (Å²) >= 11 is 0. The Kier molecular flexibility index (Phi) is 5.75. The lowest BCUT2D eigenvalue weighted by Crippen LogP contribution is -2.38. The maximum Gasteiger partial charge on any atom is 0.256 e. The van der Waals surface area contributed by atoms with Crippen molar-refractivity contribution in [2.75, 3.05) is 19.7 Å². The number of hydrogen-bond acceptors (Lipinski definition) is 4. The minimum absolute atomic E-state index is 0.131. The molecule has 0 atom stereocenters. The van der Waals surface area contributed by atoms with Crippen LogP contribution in [0, 0.1) is 6.92 Å². The molecule has 19 heavy (non-hydrogen) atoms. The highest BCUT2D eigenvalue weighted by atomic mass is 19.3. The van der Waals surface area contributed by atoms with E-state index in [0.717, 1.165) is 4.90 Å². The average Bonchev–Trinajstić information content (AvgIpc) is 2.37. The molecule has 0 saturated heterocycles. The first-order valence-electron chi connectivity index (χ1n) is 6.01. The van der Waals surface area contributed by atoms with Crippen molar-refractivity contribution in [3.63, 3.8) is 0 Å². The highest BCUT2D eigenvalue weighted by molar-refractivity contribution is 5.95. The van der Waals surface area contributed by atoms with Gasteiger partial charge in [-0.25, -0.2) is 8.78 Å². The summed E-state index contributed by atoms with van der Waals surface area (Å²) in [5.74, 6) is -0.552. The van der Waals surface area contributed by atoms with Crippen LogP contribution in [0.5, 0.6) is 0 Å². The number of carbonyl (C=O) groups excluding carboxylic acids is 1. The highest BCUT2D eigenvalue weighted by Crippen LogP contribution is 2.12. The van der Waals surface area contributed by atoms with Gasteiger partial charge in [-0.15, -0.1) is 0 Å². The Morgan fingerprint density at radius 3 is 2.68 bits per heavy atom. The molecule has 7 heteroatoms. The van der Waals surface area contributed by atoms with E-state index in [1.165, 1.54) is 6.07 Å². The summed E-state index contributed by atoms with van der Waals surface area (Å²) in [5, 5.41) is 16.6. The van der Waals surface area contributed by atoms with Gasteiger partial charge in [-0.3, -0.25) is 4.79 Å². The topological polar surface area (TPSA) is 66.3 Å². The first kappa shape index (κ1) is 15.4. The summed E-state index contributed by atoms with van der Waals surface area (Å²) in [7, 11) is 0. The predicted octanol–water partition coefficient (Wildman–Crippen LogP) is 1.05. The first-order valence-corrected chi connectivity index (χ1v) is 6.01. The first-order chi connectivity index (χ1) is 8.99. The fourth-order valence-corrected chi connectivity index (χ4v) is 1.69. The number of amides is 1. The molecule has 0 spiro atoms. The molecule has 0 bridgehead atoms. The zero-order valence-corrected chi connectivity index (χ0v) is 10.9. The van der Waals surface area contributed by atoms with E-state index in [2.05, 4.69) is 10.2 Å². The molecule has 0 aliphatic heterocycles. The van der Waals surface area contributed by atoms with Crippen LogP contribution in [0.4, 0.5) is 8.78 Å². The third-order valence-corrected chi connectivity index (χ3v) is 2.57. The van der Waals surface area contributed by atoms with Crippen molar-refractivity contribution in [2.45, 2.75) is 26.7 Å². The van der Waals surface area contributed by atoms with Crippen LogP contribution in [0.15, 0.2) is 6.07 Å². The van der Waals surface area contributed by atoms with Crippen LogP contribution in [-0.2, 0) is 6.42 Å². The van der Waals surface area contributed by atoms with Crippen molar-refractivity contribution in [3.8, 4) is 0 Å². The average molecular weight is 273 g/mol. The molecular formula is C12H17F2N3O2. The van der Waals surface area contributed by atoms with Gasteiger partial charge < -0.3 is 10.0 Å². The molecule has 0 fully saturated rings. The molecule has 1 aromatic rings. The van der Waals surface area contributed by atoms with Gasteiger partial charge in [0, 0.05) is 6.54 Å². The SMILES string of the molecule is CCc1nnc(C)cc1C(=O)N(CCO)CC(F)F. The van der Waals surface area contributed by atoms with Gasteiger partial charge in [0.1, 0.15) is 0 Å². The fraction of sp³-hybridized carbons (Fsp3) is 0.583. The molecular weight excluding hydrogens is 256 g/mol. The van der Waals surface area contributed by atoms with E-state index >= 15 is 0 Å². The second-order valence-corrected chi connectivity index (χ2v) is 4.07. The number of hydrogen-bond donors (Lipinski definition) is 1. The molecule has 1 N–H and O–H groups in total. The van der Waals surface area contributed by atoms with Crippen LogP contribution < -0.4 is 0 Å². The Hall–Kier alpha value is -1.63. The van der Waals surface area contributed by atoms with Crippen LogP contribution in [0.2, 0.25) is 0 Å². The number of carbonyl (C=O) groups is 1. The number of aromatic nitrogens is 2. The molecule has 1 rings (SSSR count). The van der Waals surface area contributed by atoms with E-state index in [1.807, 2.05) is 0 Å². The second-order valence-electron chi connectivity index (χ2n) is 4.07. The molecule has 1 aromatic heterocycles. The Morgan fingerprint density at radius 2 is 2.16 bits per heavy atom. The van der Waals surface area contributed by atoms with Crippen molar-refractivity contribution in [2.24, 2.45) is 0 Å². The number of rotatable bonds is 6.